The van der Waals surface area contributed by atoms with Crippen LogP contribution in [0.25, 0.3) is 0 Å². The van der Waals surface area contributed by atoms with Gasteiger partial charge in [0.25, 0.3) is 0 Å². The molecule has 2 aromatic carbocycles. The van der Waals surface area contributed by atoms with Crippen molar-refractivity contribution >= 4 is 17.3 Å². The average Bonchev–Trinajstić information content (AvgIpc) is 2.72. The van der Waals surface area contributed by atoms with E-state index in [1.54, 1.807) is 30.6 Å². The van der Waals surface area contributed by atoms with Crippen LogP contribution in [0.1, 0.15) is 21.5 Å². The van der Waals surface area contributed by atoms with Crippen molar-refractivity contribution < 1.29 is 19.4 Å². The second-order valence-corrected chi connectivity index (χ2v) is 6.64. The summed E-state index contributed by atoms with van der Waals surface area (Å²) in [5, 5.41) is 9.18. The van der Waals surface area contributed by atoms with Crippen molar-refractivity contribution in [1.29, 1.82) is 0 Å². The number of aromatic nitrogens is 1. The summed E-state index contributed by atoms with van der Waals surface area (Å²) in [6.07, 6.45) is 3.45. The second kappa shape index (κ2) is 7.60. The van der Waals surface area contributed by atoms with E-state index in [-0.39, 0.29) is 5.56 Å². The number of ether oxygens (including phenoxy) is 2. The highest BCUT2D eigenvalue weighted by Gasteiger charge is 2.21. The normalized spacial score (nSPS) is 12.8. The molecule has 1 aliphatic rings. The first-order valence-electron chi connectivity index (χ1n) is 9.01. The van der Waals surface area contributed by atoms with Crippen LogP contribution in [0.5, 0.6) is 11.5 Å². The Morgan fingerprint density at radius 1 is 1.18 bits per heavy atom. The molecule has 4 rings (SSSR count). The SMILES string of the molecule is Cc1ccc(COc2cncc(N3CCOc4cc(C(=O)O)ccc43)c2)cc1. The van der Waals surface area contributed by atoms with E-state index in [1.165, 1.54) is 5.56 Å². The van der Waals surface area contributed by atoms with Gasteiger partial charge in [-0.2, -0.15) is 0 Å². The van der Waals surface area contributed by atoms with Gasteiger partial charge in [0.05, 0.1) is 35.9 Å². The summed E-state index contributed by atoms with van der Waals surface area (Å²) in [6.45, 7) is 3.62. The number of carboxylic acid groups (broad SMARTS) is 1. The fourth-order valence-electron chi connectivity index (χ4n) is 3.11. The van der Waals surface area contributed by atoms with Crippen molar-refractivity contribution in [3.8, 4) is 11.5 Å². The maximum absolute atomic E-state index is 11.2. The van der Waals surface area contributed by atoms with E-state index in [2.05, 4.69) is 28.9 Å². The zero-order valence-electron chi connectivity index (χ0n) is 15.5. The standard InChI is InChI=1S/C22H20N2O4/c1-15-2-4-16(5-3-15)14-28-19-11-18(12-23-13-19)24-8-9-27-21-10-17(22(25)26)6-7-20(21)24/h2-7,10-13H,8-9,14H2,1H3,(H,25,26). The lowest BCUT2D eigenvalue weighted by molar-refractivity contribution is 0.0696. The second-order valence-electron chi connectivity index (χ2n) is 6.64. The summed E-state index contributed by atoms with van der Waals surface area (Å²) in [5.41, 5.74) is 4.19. The number of aromatic carboxylic acids is 1. The Hall–Kier alpha value is -3.54. The first-order chi connectivity index (χ1) is 13.6. The largest absolute Gasteiger partial charge is 0.490 e. The van der Waals surface area contributed by atoms with Gasteiger partial charge in [-0.15, -0.1) is 0 Å². The van der Waals surface area contributed by atoms with Gasteiger partial charge in [0.2, 0.25) is 0 Å². The minimum absolute atomic E-state index is 0.203. The van der Waals surface area contributed by atoms with Gasteiger partial charge in [0, 0.05) is 6.07 Å². The lowest BCUT2D eigenvalue weighted by Crippen LogP contribution is -2.28. The van der Waals surface area contributed by atoms with Crippen molar-refractivity contribution in [3.05, 3.63) is 77.6 Å². The number of carbonyl (C=O) groups is 1. The molecule has 0 radical (unpaired) electrons. The minimum Gasteiger partial charge on any atom is -0.490 e. The molecule has 1 aliphatic heterocycles. The number of fused-ring (bicyclic) bond motifs is 1. The van der Waals surface area contributed by atoms with Gasteiger partial charge in [-0.3, -0.25) is 4.98 Å². The zero-order valence-corrected chi connectivity index (χ0v) is 15.5. The summed E-state index contributed by atoms with van der Waals surface area (Å²) in [7, 11) is 0. The third-order valence-electron chi connectivity index (χ3n) is 4.61. The van der Waals surface area contributed by atoms with Gasteiger partial charge in [0.15, 0.2) is 0 Å². The van der Waals surface area contributed by atoms with Crippen molar-refractivity contribution in [2.75, 3.05) is 18.1 Å². The van der Waals surface area contributed by atoms with Gasteiger partial charge in [0.1, 0.15) is 24.7 Å². The quantitative estimate of drug-likeness (QED) is 0.720. The van der Waals surface area contributed by atoms with Crippen molar-refractivity contribution in [2.24, 2.45) is 0 Å². The number of benzene rings is 2. The van der Waals surface area contributed by atoms with Crippen molar-refractivity contribution in [2.45, 2.75) is 13.5 Å². The number of pyridine rings is 1. The van der Waals surface area contributed by atoms with Crippen molar-refractivity contribution in [1.82, 2.24) is 4.98 Å². The predicted octanol–water partition coefficient (Wildman–Crippen LogP) is 4.20. The molecule has 6 nitrogen and oxygen atoms in total. The highest BCUT2D eigenvalue weighted by Crippen LogP contribution is 2.37. The van der Waals surface area contributed by atoms with Crippen LogP contribution in [0.4, 0.5) is 11.4 Å². The number of anilines is 2. The topological polar surface area (TPSA) is 71.9 Å². The third kappa shape index (κ3) is 3.76. The van der Waals surface area contributed by atoms with E-state index < -0.39 is 5.97 Å². The number of rotatable bonds is 5. The van der Waals surface area contributed by atoms with E-state index in [9.17, 15) is 9.90 Å². The summed E-state index contributed by atoms with van der Waals surface area (Å²) in [6, 6.07) is 15.0. The van der Waals surface area contributed by atoms with Gasteiger partial charge >= 0.3 is 5.97 Å². The first kappa shape index (κ1) is 17.9. The fraction of sp³-hybridized carbons (Fsp3) is 0.182. The molecule has 0 spiro atoms. The monoisotopic (exact) mass is 376 g/mol. The highest BCUT2D eigenvalue weighted by atomic mass is 16.5. The van der Waals surface area contributed by atoms with E-state index >= 15 is 0 Å². The molecular formula is C22H20N2O4. The Morgan fingerprint density at radius 3 is 2.79 bits per heavy atom. The van der Waals surface area contributed by atoms with Crippen molar-refractivity contribution in [3.63, 3.8) is 0 Å². The van der Waals surface area contributed by atoms with E-state index in [0.29, 0.717) is 31.3 Å². The molecule has 28 heavy (non-hydrogen) atoms. The summed E-state index contributed by atoms with van der Waals surface area (Å²) in [5.74, 6) is 0.252. The van der Waals surface area contributed by atoms with Gasteiger partial charge < -0.3 is 19.5 Å². The smallest absolute Gasteiger partial charge is 0.335 e. The van der Waals surface area contributed by atoms with Crippen LogP contribution < -0.4 is 14.4 Å². The van der Waals surface area contributed by atoms with Gasteiger partial charge in [-0.1, -0.05) is 29.8 Å². The zero-order chi connectivity index (χ0) is 19.5. The molecule has 6 heteroatoms. The summed E-state index contributed by atoms with van der Waals surface area (Å²) < 4.78 is 11.6. The number of hydrogen-bond donors (Lipinski definition) is 1. The van der Waals surface area contributed by atoms with Crippen LogP contribution in [-0.2, 0) is 6.61 Å². The highest BCUT2D eigenvalue weighted by molar-refractivity contribution is 5.89. The van der Waals surface area contributed by atoms with Crippen LogP contribution in [0.3, 0.4) is 0 Å². The molecule has 0 saturated carbocycles. The maximum Gasteiger partial charge on any atom is 0.335 e. The molecule has 0 unspecified atom stereocenters. The molecule has 1 N–H and O–H groups in total. The third-order valence-corrected chi connectivity index (χ3v) is 4.61. The molecular weight excluding hydrogens is 356 g/mol. The molecule has 0 amide bonds. The van der Waals surface area contributed by atoms with E-state index in [0.717, 1.165) is 16.9 Å². The van der Waals surface area contributed by atoms with E-state index in [1.807, 2.05) is 18.2 Å². The Morgan fingerprint density at radius 2 is 2.00 bits per heavy atom. The van der Waals surface area contributed by atoms with Crippen LogP contribution in [0.15, 0.2) is 60.9 Å². The van der Waals surface area contributed by atoms with Crippen LogP contribution in [-0.4, -0.2) is 29.2 Å². The van der Waals surface area contributed by atoms with Gasteiger partial charge in [-0.25, -0.2) is 4.79 Å². The first-order valence-corrected chi connectivity index (χ1v) is 9.01. The Bertz CT molecular complexity index is 1000. The van der Waals surface area contributed by atoms with Gasteiger partial charge in [-0.05, 0) is 30.7 Å². The average molecular weight is 376 g/mol. The Labute approximate surface area is 163 Å². The molecule has 0 aliphatic carbocycles. The summed E-state index contributed by atoms with van der Waals surface area (Å²) >= 11 is 0. The number of aryl methyl sites for hydroxylation is 1. The number of nitrogens with zero attached hydrogens (tertiary/aromatic N) is 2. The Balaban J connectivity index is 1.55. The Kier molecular flexibility index (Phi) is 4.85. The summed E-state index contributed by atoms with van der Waals surface area (Å²) in [4.78, 5) is 17.5. The van der Waals surface area contributed by atoms with Crippen LogP contribution >= 0.6 is 0 Å². The molecule has 0 fully saturated rings. The molecule has 0 bridgehead atoms. The molecule has 142 valence electrons. The molecule has 1 aromatic heterocycles. The molecule has 3 aromatic rings. The van der Waals surface area contributed by atoms with Crippen LogP contribution in [0, 0.1) is 6.92 Å². The van der Waals surface area contributed by atoms with Crippen LogP contribution in [0.2, 0.25) is 0 Å². The minimum atomic E-state index is -0.975. The maximum atomic E-state index is 11.2. The van der Waals surface area contributed by atoms with E-state index in [4.69, 9.17) is 9.47 Å². The fourth-order valence-corrected chi connectivity index (χ4v) is 3.11. The lowest BCUT2D eigenvalue weighted by atomic mass is 10.1. The number of hydrogen-bond acceptors (Lipinski definition) is 5. The molecule has 2 heterocycles. The molecule has 0 saturated heterocycles. The predicted molar refractivity (Wildman–Crippen MR) is 106 cm³/mol. The lowest BCUT2D eigenvalue weighted by Gasteiger charge is -2.31. The molecule has 0 atom stereocenters. The number of carboxylic acids is 1.